The van der Waals surface area contributed by atoms with Crippen LogP contribution in [0.5, 0.6) is 0 Å². The van der Waals surface area contributed by atoms with Crippen molar-refractivity contribution in [2.45, 2.75) is 32.7 Å². The summed E-state index contributed by atoms with van der Waals surface area (Å²) in [5, 5.41) is 5.59. The van der Waals surface area contributed by atoms with Crippen molar-refractivity contribution in [3.05, 3.63) is 39.8 Å². The number of aryl methyl sites for hydroxylation is 2. The summed E-state index contributed by atoms with van der Waals surface area (Å²) in [6, 6.07) is 6.80. The summed E-state index contributed by atoms with van der Waals surface area (Å²) in [5.41, 5.74) is 2.03. The third-order valence-corrected chi connectivity index (χ3v) is 4.86. The number of hydrogen-bond acceptors (Lipinski definition) is 5. The molecule has 112 valence electrons. The SMILES string of the molecule is Cc1cc(C)nc(NC[C@@H](c2cccs2)N2CCCC2)n1. The van der Waals surface area contributed by atoms with Gasteiger partial charge in [0.1, 0.15) is 0 Å². The van der Waals surface area contributed by atoms with E-state index >= 15 is 0 Å². The van der Waals surface area contributed by atoms with Crippen LogP contribution in [-0.4, -0.2) is 34.5 Å². The van der Waals surface area contributed by atoms with Crippen molar-refractivity contribution in [3.63, 3.8) is 0 Å². The number of likely N-dealkylation sites (tertiary alicyclic amines) is 1. The number of thiophene rings is 1. The summed E-state index contributed by atoms with van der Waals surface area (Å²) < 4.78 is 0. The largest absolute Gasteiger partial charge is 0.352 e. The van der Waals surface area contributed by atoms with Gasteiger partial charge in [-0.2, -0.15) is 0 Å². The monoisotopic (exact) mass is 302 g/mol. The Kier molecular flexibility index (Phi) is 4.51. The first-order valence-electron chi connectivity index (χ1n) is 7.56. The van der Waals surface area contributed by atoms with Gasteiger partial charge >= 0.3 is 0 Å². The number of nitrogens with one attached hydrogen (secondary N) is 1. The lowest BCUT2D eigenvalue weighted by Gasteiger charge is -2.27. The van der Waals surface area contributed by atoms with Crippen molar-refractivity contribution in [2.75, 3.05) is 25.0 Å². The normalized spacial score (nSPS) is 17.0. The zero-order chi connectivity index (χ0) is 14.7. The van der Waals surface area contributed by atoms with E-state index in [2.05, 4.69) is 37.7 Å². The van der Waals surface area contributed by atoms with E-state index in [0.29, 0.717) is 6.04 Å². The molecule has 1 atom stereocenters. The predicted octanol–water partition coefficient (Wildman–Crippen LogP) is 3.40. The highest BCUT2D eigenvalue weighted by Gasteiger charge is 2.24. The molecule has 21 heavy (non-hydrogen) atoms. The van der Waals surface area contributed by atoms with Crippen molar-refractivity contribution in [1.82, 2.24) is 14.9 Å². The second-order valence-electron chi connectivity index (χ2n) is 5.63. The number of anilines is 1. The van der Waals surface area contributed by atoms with Gasteiger partial charge in [0.05, 0.1) is 6.04 Å². The highest BCUT2D eigenvalue weighted by molar-refractivity contribution is 7.10. The lowest BCUT2D eigenvalue weighted by Crippen LogP contribution is -2.30. The number of hydrogen-bond donors (Lipinski definition) is 1. The molecule has 0 aliphatic carbocycles. The Bertz CT molecular complexity index is 556. The van der Waals surface area contributed by atoms with Crippen LogP contribution in [0.1, 0.15) is 35.1 Å². The summed E-state index contributed by atoms with van der Waals surface area (Å²) >= 11 is 1.84. The van der Waals surface area contributed by atoms with E-state index in [4.69, 9.17) is 0 Å². The molecular weight excluding hydrogens is 280 g/mol. The molecule has 1 N–H and O–H groups in total. The topological polar surface area (TPSA) is 41.1 Å². The molecule has 4 nitrogen and oxygen atoms in total. The standard InChI is InChI=1S/C16H22N4S/c1-12-10-13(2)19-16(18-12)17-11-14(15-6-5-9-21-15)20-7-3-4-8-20/h5-6,9-10,14H,3-4,7-8,11H2,1-2H3,(H,17,18,19)/t14-/m0/s1. The van der Waals surface area contributed by atoms with Crippen LogP contribution < -0.4 is 5.32 Å². The molecular formula is C16H22N4S. The van der Waals surface area contributed by atoms with Crippen LogP contribution in [0.25, 0.3) is 0 Å². The Morgan fingerprint density at radius 3 is 2.57 bits per heavy atom. The molecule has 1 aliphatic rings. The Morgan fingerprint density at radius 1 is 1.24 bits per heavy atom. The Morgan fingerprint density at radius 2 is 1.95 bits per heavy atom. The van der Waals surface area contributed by atoms with Gasteiger partial charge < -0.3 is 5.32 Å². The molecule has 3 rings (SSSR count). The Hall–Kier alpha value is -1.46. The first-order valence-corrected chi connectivity index (χ1v) is 8.44. The van der Waals surface area contributed by atoms with Crippen molar-refractivity contribution in [2.24, 2.45) is 0 Å². The van der Waals surface area contributed by atoms with Gasteiger partial charge in [-0.1, -0.05) is 6.07 Å². The summed E-state index contributed by atoms with van der Waals surface area (Å²) in [6.07, 6.45) is 2.61. The van der Waals surface area contributed by atoms with Crippen LogP contribution in [0.15, 0.2) is 23.6 Å². The molecule has 1 saturated heterocycles. The Balaban J connectivity index is 1.72. The van der Waals surface area contributed by atoms with Gasteiger partial charge in [-0.25, -0.2) is 9.97 Å². The van der Waals surface area contributed by atoms with Crippen molar-refractivity contribution >= 4 is 17.3 Å². The van der Waals surface area contributed by atoms with Gasteiger partial charge in [0.15, 0.2) is 0 Å². The van der Waals surface area contributed by atoms with Crippen LogP contribution >= 0.6 is 11.3 Å². The van der Waals surface area contributed by atoms with E-state index in [1.807, 2.05) is 31.3 Å². The van der Waals surface area contributed by atoms with E-state index in [9.17, 15) is 0 Å². The zero-order valence-electron chi connectivity index (χ0n) is 12.7. The van der Waals surface area contributed by atoms with Crippen LogP contribution in [0.4, 0.5) is 5.95 Å². The molecule has 0 spiro atoms. The number of nitrogens with zero attached hydrogens (tertiary/aromatic N) is 3. The minimum absolute atomic E-state index is 0.428. The van der Waals surface area contributed by atoms with Gasteiger partial charge in [-0.3, -0.25) is 4.90 Å². The quantitative estimate of drug-likeness (QED) is 0.919. The van der Waals surface area contributed by atoms with Crippen molar-refractivity contribution < 1.29 is 0 Å². The second kappa shape index (κ2) is 6.54. The van der Waals surface area contributed by atoms with E-state index in [-0.39, 0.29) is 0 Å². The van der Waals surface area contributed by atoms with Gasteiger partial charge in [0, 0.05) is 22.8 Å². The van der Waals surface area contributed by atoms with Crippen LogP contribution in [0.3, 0.4) is 0 Å². The maximum Gasteiger partial charge on any atom is 0.223 e. The second-order valence-corrected chi connectivity index (χ2v) is 6.61. The minimum Gasteiger partial charge on any atom is -0.352 e. The highest BCUT2D eigenvalue weighted by Crippen LogP contribution is 2.28. The lowest BCUT2D eigenvalue weighted by atomic mass is 10.2. The summed E-state index contributed by atoms with van der Waals surface area (Å²) in [7, 11) is 0. The molecule has 1 fully saturated rings. The molecule has 0 bridgehead atoms. The first-order chi connectivity index (χ1) is 10.2. The van der Waals surface area contributed by atoms with Crippen LogP contribution in [-0.2, 0) is 0 Å². The third kappa shape index (κ3) is 3.60. The lowest BCUT2D eigenvalue weighted by molar-refractivity contribution is 0.259. The summed E-state index contributed by atoms with van der Waals surface area (Å²) in [6.45, 7) is 7.27. The molecule has 5 heteroatoms. The third-order valence-electron chi connectivity index (χ3n) is 3.89. The van der Waals surface area contributed by atoms with Crippen molar-refractivity contribution in [3.8, 4) is 0 Å². The van der Waals surface area contributed by atoms with Gasteiger partial charge in [0.2, 0.25) is 5.95 Å². The van der Waals surface area contributed by atoms with E-state index in [1.165, 1.54) is 30.8 Å². The maximum absolute atomic E-state index is 4.48. The van der Waals surface area contributed by atoms with E-state index in [1.54, 1.807) is 0 Å². The molecule has 0 radical (unpaired) electrons. The van der Waals surface area contributed by atoms with Gasteiger partial charge in [-0.05, 0) is 57.3 Å². The molecule has 0 unspecified atom stereocenters. The van der Waals surface area contributed by atoms with E-state index < -0.39 is 0 Å². The van der Waals surface area contributed by atoms with Crippen LogP contribution in [0, 0.1) is 13.8 Å². The summed E-state index contributed by atoms with van der Waals surface area (Å²) in [4.78, 5) is 12.9. The fourth-order valence-corrected chi connectivity index (χ4v) is 3.80. The molecule has 0 amide bonds. The van der Waals surface area contributed by atoms with Gasteiger partial charge in [0.25, 0.3) is 0 Å². The molecule has 2 aromatic rings. The highest BCUT2D eigenvalue weighted by atomic mass is 32.1. The van der Waals surface area contributed by atoms with Crippen LogP contribution in [0.2, 0.25) is 0 Å². The molecule has 0 saturated carbocycles. The molecule has 0 aromatic carbocycles. The average Bonchev–Trinajstić information content (AvgIpc) is 3.10. The number of aromatic nitrogens is 2. The van der Waals surface area contributed by atoms with Crippen molar-refractivity contribution in [1.29, 1.82) is 0 Å². The fourth-order valence-electron chi connectivity index (χ4n) is 2.94. The Labute approximate surface area is 130 Å². The molecule has 2 aromatic heterocycles. The minimum atomic E-state index is 0.428. The average molecular weight is 302 g/mol. The van der Waals surface area contributed by atoms with E-state index in [0.717, 1.165) is 23.9 Å². The predicted molar refractivity (Wildman–Crippen MR) is 87.9 cm³/mol. The van der Waals surface area contributed by atoms with Gasteiger partial charge in [-0.15, -0.1) is 11.3 Å². The number of rotatable bonds is 5. The summed E-state index contributed by atoms with van der Waals surface area (Å²) in [5.74, 6) is 0.744. The zero-order valence-corrected chi connectivity index (χ0v) is 13.5. The first kappa shape index (κ1) is 14.5. The molecule has 1 aliphatic heterocycles. The smallest absolute Gasteiger partial charge is 0.223 e. The molecule has 3 heterocycles. The maximum atomic E-state index is 4.48. The fraction of sp³-hybridized carbons (Fsp3) is 0.500.